The zero-order valence-corrected chi connectivity index (χ0v) is 12.3. The topological polar surface area (TPSA) is 50.2 Å². The molecule has 2 aromatic rings. The van der Waals surface area contributed by atoms with Crippen molar-refractivity contribution >= 4 is 5.91 Å². The van der Waals surface area contributed by atoms with Gasteiger partial charge in [0.15, 0.2) is 5.69 Å². The maximum Gasteiger partial charge on any atom is 0.273 e. The van der Waals surface area contributed by atoms with E-state index >= 15 is 0 Å². The predicted octanol–water partition coefficient (Wildman–Crippen LogP) is 1.60. The summed E-state index contributed by atoms with van der Waals surface area (Å²) < 4.78 is 1.76. The molecule has 1 aromatic heterocycles. The summed E-state index contributed by atoms with van der Waals surface area (Å²) in [6, 6.07) is 7.98. The van der Waals surface area contributed by atoms with Crippen LogP contribution in [0.3, 0.4) is 0 Å². The number of hydrogen-bond donors (Lipinski definition) is 1. The third-order valence-electron chi connectivity index (χ3n) is 3.12. The van der Waals surface area contributed by atoms with E-state index in [4.69, 9.17) is 0 Å². The Balaban J connectivity index is 2.36. The summed E-state index contributed by atoms with van der Waals surface area (Å²) in [4.78, 5) is 13.4. The van der Waals surface area contributed by atoms with Gasteiger partial charge in [0.25, 0.3) is 5.91 Å². The van der Waals surface area contributed by atoms with Gasteiger partial charge in [-0.05, 0) is 37.2 Å². The average molecular weight is 272 g/mol. The van der Waals surface area contributed by atoms with Gasteiger partial charge in [-0.1, -0.05) is 12.1 Å². The summed E-state index contributed by atoms with van der Waals surface area (Å²) >= 11 is 0. The van der Waals surface area contributed by atoms with Crippen LogP contribution in [0.25, 0.3) is 5.69 Å². The van der Waals surface area contributed by atoms with Crippen molar-refractivity contribution in [2.75, 3.05) is 21.1 Å². The fourth-order valence-corrected chi connectivity index (χ4v) is 2.02. The molecule has 0 bridgehead atoms. The monoisotopic (exact) mass is 272 g/mol. The van der Waals surface area contributed by atoms with E-state index in [0.29, 0.717) is 5.69 Å². The Morgan fingerprint density at radius 1 is 1.35 bits per heavy atom. The molecule has 5 heteroatoms. The number of carbonyl (C=O) groups is 1. The first-order valence-electron chi connectivity index (χ1n) is 6.54. The van der Waals surface area contributed by atoms with Crippen molar-refractivity contribution in [2.24, 2.45) is 0 Å². The van der Waals surface area contributed by atoms with Crippen LogP contribution in [0.1, 0.15) is 21.6 Å². The van der Waals surface area contributed by atoms with E-state index in [-0.39, 0.29) is 5.91 Å². The molecule has 0 aliphatic carbocycles. The Bertz CT molecular complexity index is 616. The molecule has 0 unspecified atom stereocenters. The molecule has 2 rings (SSSR count). The maximum atomic E-state index is 11.9. The molecule has 20 heavy (non-hydrogen) atoms. The minimum absolute atomic E-state index is 0.0900. The summed E-state index contributed by atoms with van der Waals surface area (Å²) in [5, 5.41) is 7.50. The highest BCUT2D eigenvalue weighted by atomic mass is 16.2. The second-order valence-electron chi connectivity index (χ2n) is 5.00. The summed E-state index contributed by atoms with van der Waals surface area (Å²) in [5.41, 5.74) is 3.75. The normalized spacial score (nSPS) is 10.6. The van der Waals surface area contributed by atoms with Gasteiger partial charge in [0, 0.05) is 26.8 Å². The molecule has 1 heterocycles. The van der Waals surface area contributed by atoms with Crippen molar-refractivity contribution in [3.8, 4) is 5.69 Å². The fraction of sp³-hybridized carbons (Fsp3) is 0.333. The lowest BCUT2D eigenvalue weighted by Crippen LogP contribution is -2.22. The summed E-state index contributed by atoms with van der Waals surface area (Å²) in [6.45, 7) is 2.84. The average Bonchev–Trinajstić information content (AvgIpc) is 2.89. The predicted molar refractivity (Wildman–Crippen MR) is 79.1 cm³/mol. The number of nitrogens with zero attached hydrogens (tertiary/aromatic N) is 3. The van der Waals surface area contributed by atoms with Crippen LogP contribution in [0.4, 0.5) is 0 Å². The highest BCUT2D eigenvalue weighted by Crippen LogP contribution is 2.16. The Kier molecular flexibility index (Phi) is 4.20. The highest BCUT2D eigenvalue weighted by molar-refractivity contribution is 5.91. The molecule has 0 fully saturated rings. The van der Waals surface area contributed by atoms with E-state index in [2.05, 4.69) is 28.6 Å². The Morgan fingerprint density at radius 3 is 2.75 bits per heavy atom. The van der Waals surface area contributed by atoms with E-state index < -0.39 is 0 Å². The lowest BCUT2D eigenvalue weighted by atomic mass is 10.1. The van der Waals surface area contributed by atoms with Crippen LogP contribution < -0.4 is 5.32 Å². The SMILES string of the molecule is CNCc1ccc(C)c(-n2ccc(C(=O)N(C)C)n2)c1. The molecule has 106 valence electrons. The van der Waals surface area contributed by atoms with Gasteiger partial charge < -0.3 is 10.2 Å². The van der Waals surface area contributed by atoms with E-state index in [1.54, 1.807) is 24.8 Å². The molecule has 0 atom stereocenters. The first-order chi connectivity index (χ1) is 9.52. The molecule has 0 saturated carbocycles. The number of hydrogen-bond acceptors (Lipinski definition) is 3. The second-order valence-corrected chi connectivity index (χ2v) is 5.00. The van der Waals surface area contributed by atoms with Gasteiger partial charge in [-0.15, -0.1) is 0 Å². The fourth-order valence-electron chi connectivity index (χ4n) is 2.02. The minimum atomic E-state index is -0.0900. The molecule has 0 radical (unpaired) electrons. The third kappa shape index (κ3) is 2.88. The van der Waals surface area contributed by atoms with Gasteiger partial charge >= 0.3 is 0 Å². The molecular formula is C15H20N4O. The van der Waals surface area contributed by atoms with Crippen LogP contribution in [0.5, 0.6) is 0 Å². The van der Waals surface area contributed by atoms with Crippen molar-refractivity contribution < 1.29 is 4.79 Å². The highest BCUT2D eigenvalue weighted by Gasteiger charge is 2.12. The van der Waals surface area contributed by atoms with Crippen LogP contribution in [0, 0.1) is 6.92 Å². The molecule has 5 nitrogen and oxygen atoms in total. The summed E-state index contributed by atoms with van der Waals surface area (Å²) in [7, 11) is 5.36. The van der Waals surface area contributed by atoms with E-state index in [0.717, 1.165) is 17.8 Å². The van der Waals surface area contributed by atoms with Crippen LogP contribution in [0.15, 0.2) is 30.5 Å². The van der Waals surface area contributed by atoms with E-state index in [1.807, 2.05) is 20.2 Å². The molecule has 0 aliphatic rings. The van der Waals surface area contributed by atoms with Gasteiger partial charge in [0.1, 0.15) is 0 Å². The Labute approximate surface area is 119 Å². The van der Waals surface area contributed by atoms with Crippen molar-refractivity contribution in [1.82, 2.24) is 20.0 Å². The number of aromatic nitrogens is 2. The van der Waals surface area contributed by atoms with Crippen LogP contribution in [0.2, 0.25) is 0 Å². The van der Waals surface area contributed by atoms with Gasteiger partial charge in [0.2, 0.25) is 0 Å². The summed E-state index contributed by atoms with van der Waals surface area (Å²) in [6.07, 6.45) is 1.82. The Morgan fingerprint density at radius 2 is 2.10 bits per heavy atom. The molecule has 0 aliphatic heterocycles. The van der Waals surface area contributed by atoms with Gasteiger partial charge in [-0.25, -0.2) is 4.68 Å². The first kappa shape index (κ1) is 14.3. The van der Waals surface area contributed by atoms with Gasteiger partial charge in [0.05, 0.1) is 5.69 Å². The number of carbonyl (C=O) groups excluding carboxylic acids is 1. The number of aryl methyl sites for hydroxylation is 1. The smallest absolute Gasteiger partial charge is 0.273 e. The molecule has 1 aromatic carbocycles. The molecule has 0 saturated heterocycles. The van der Waals surface area contributed by atoms with Crippen molar-refractivity contribution in [3.05, 3.63) is 47.3 Å². The largest absolute Gasteiger partial charge is 0.343 e. The zero-order valence-electron chi connectivity index (χ0n) is 12.3. The van der Waals surface area contributed by atoms with Crippen LogP contribution in [-0.2, 0) is 6.54 Å². The summed E-state index contributed by atoms with van der Waals surface area (Å²) in [5.74, 6) is -0.0900. The number of benzene rings is 1. The van der Waals surface area contributed by atoms with E-state index in [1.165, 1.54) is 10.5 Å². The number of rotatable bonds is 4. The zero-order chi connectivity index (χ0) is 14.7. The molecule has 1 N–H and O–H groups in total. The third-order valence-corrected chi connectivity index (χ3v) is 3.12. The maximum absolute atomic E-state index is 11.9. The number of amides is 1. The molecule has 1 amide bonds. The van der Waals surface area contributed by atoms with Gasteiger partial charge in [-0.3, -0.25) is 4.79 Å². The van der Waals surface area contributed by atoms with Crippen LogP contribution in [-0.4, -0.2) is 41.7 Å². The molecular weight excluding hydrogens is 252 g/mol. The molecule has 0 spiro atoms. The Hall–Kier alpha value is -2.14. The number of nitrogens with one attached hydrogen (secondary N) is 1. The van der Waals surface area contributed by atoms with E-state index in [9.17, 15) is 4.79 Å². The quantitative estimate of drug-likeness (QED) is 0.920. The lowest BCUT2D eigenvalue weighted by molar-refractivity contribution is 0.0821. The van der Waals surface area contributed by atoms with Crippen molar-refractivity contribution in [1.29, 1.82) is 0 Å². The van der Waals surface area contributed by atoms with Crippen molar-refractivity contribution in [3.63, 3.8) is 0 Å². The minimum Gasteiger partial charge on any atom is -0.343 e. The first-order valence-corrected chi connectivity index (χ1v) is 6.54. The standard InChI is InChI=1S/C15H20N4O/c1-11-5-6-12(10-16-2)9-14(11)19-8-7-13(17-19)15(20)18(3)4/h5-9,16H,10H2,1-4H3. The second kappa shape index (κ2) is 5.88. The van der Waals surface area contributed by atoms with Crippen LogP contribution >= 0.6 is 0 Å². The van der Waals surface area contributed by atoms with Crippen molar-refractivity contribution in [2.45, 2.75) is 13.5 Å². The van der Waals surface area contributed by atoms with Gasteiger partial charge in [-0.2, -0.15) is 5.10 Å². The lowest BCUT2D eigenvalue weighted by Gasteiger charge is -2.10.